The van der Waals surface area contributed by atoms with Gasteiger partial charge in [-0.2, -0.15) is 5.26 Å². The van der Waals surface area contributed by atoms with Crippen LogP contribution in [0.3, 0.4) is 0 Å². The van der Waals surface area contributed by atoms with Crippen LogP contribution in [0.2, 0.25) is 0 Å². The van der Waals surface area contributed by atoms with E-state index >= 15 is 0 Å². The van der Waals surface area contributed by atoms with Crippen LogP contribution in [0.15, 0.2) is 18.2 Å². The van der Waals surface area contributed by atoms with Crippen LogP contribution in [0.25, 0.3) is 0 Å². The van der Waals surface area contributed by atoms with Crippen LogP contribution in [0.1, 0.15) is 11.1 Å². The van der Waals surface area contributed by atoms with Gasteiger partial charge in [0.1, 0.15) is 0 Å². The van der Waals surface area contributed by atoms with Crippen molar-refractivity contribution in [3.63, 3.8) is 0 Å². The Kier molecular flexibility index (Phi) is 2.35. The lowest BCUT2D eigenvalue weighted by atomic mass is 10.1. The Bertz CT molecular complexity index is 321. The SMILES string of the molecule is Cc1cc(C#N)cc(N(C)C)c1. The summed E-state index contributed by atoms with van der Waals surface area (Å²) in [5, 5.41) is 8.70. The van der Waals surface area contributed by atoms with E-state index in [1.54, 1.807) is 0 Å². The fraction of sp³-hybridized carbons (Fsp3) is 0.300. The predicted molar refractivity (Wildman–Crippen MR) is 50.2 cm³/mol. The molecule has 1 aromatic rings. The number of rotatable bonds is 1. The summed E-state index contributed by atoms with van der Waals surface area (Å²) in [6.45, 7) is 1.99. The van der Waals surface area contributed by atoms with Crippen LogP contribution in [-0.2, 0) is 0 Å². The molecule has 62 valence electrons. The first-order valence-electron chi connectivity index (χ1n) is 3.82. The van der Waals surface area contributed by atoms with Gasteiger partial charge in [-0.15, -0.1) is 0 Å². The maximum absolute atomic E-state index is 8.70. The monoisotopic (exact) mass is 160 g/mol. The van der Waals surface area contributed by atoms with Crippen molar-refractivity contribution in [2.24, 2.45) is 0 Å². The predicted octanol–water partition coefficient (Wildman–Crippen LogP) is 1.93. The topological polar surface area (TPSA) is 27.0 Å². The van der Waals surface area contributed by atoms with Crippen molar-refractivity contribution >= 4 is 5.69 Å². The highest BCUT2D eigenvalue weighted by atomic mass is 15.1. The third kappa shape index (κ3) is 1.76. The molecule has 12 heavy (non-hydrogen) atoms. The molecule has 0 fully saturated rings. The lowest BCUT2D eigenvalue weighted by molar-refractivity contribution is 1.12. The highest BCUT2D eigenvalue weighted by molar-refractivity contribution is 5.52. The summed E-state index contributed by atoms with van der Waals surface area (Å²) >= 11 is 0. The Balaban J connectivity index is 3.17. The lowest BCUT2D eigenvalue weighted by Gasteiger charge is -2.12. The van der Waals surface area contributed by atoms with Gasteiger partial charge in [-0.25, -0.2) is 0 Å². The van der Waals surface area contributed by atoms with Gasteiger partial charge in [-0.3, -0.25) is 0 Å². The van der Waals surface area contributed by atoms with Gasteiger partial charge in [-0.05, 0) is 30.7 Å². The van der Waals surface area contributed by atoms with Gasteiger partial charge in [0, 0.05) is 19.8 Å². The summed E-state index contributed by atoms with van der Waals surface area (Å²) in [6.07, 6.45) is 0. The average Bonchev–Trinajstić information content (AvgIpc) is 2.03. The van der Waals surface area contributed by atoms with Gasteiger partial charge >= 0.3 is 0 Å². The Morgan fingerprint density at radius 2 is 1.92 bits per heavy atom. The van der Waals surface area contributed by atoms with Crippen molar-refractivity contribution in [3.8, 4) is 6.07 Å². The second kappa shape index (κ2) is 3.27. The van der Waals surface area contributed by atoms with E-state index in [2.05, 4.69) is 12.1 Å². The van der Waals surface area contributed by atoms with Crippen molar-refractivity contribution in [2.75, 3.05) is 19.0 Å². The molecule has 0 aromatic heterocycles. The zero-order chi connectivity index (χ0) is 9.14. The van der Waals surface area contributed by atoms with Crippen molar-refractivity contribution in [1.82, 2.24) is 0 Å². The molecule has 0 amide bonds. The second-order valence-electron chi connectivity index (χ2n) is 3.06. The van der Waals surface area contributed by atoms with Crippen LogP contribution in [0.4, 0.5) is 5.69 Å². The summed E-state index contributed by atoms with van der Waals surface area (Å²) in [5.74, 6) is 0. The van der Waals surface area contributed by atoms with E-state index < -0.39 is 0 Å². The Morgan fingerprint density at radius 3 is 2.42 bits per heavy atom. The molecule has 0 bridgehead atoms. The number of hydrogen-bond donors (Lipinski definition) is 0. The first-order chi connectivity index (χ1) is 5.63. The number of benzene rings is 1. The average molecular weight is 160 g/mol. The maximum atomic E-state index is 8.70. The van der Waals surface area contributed by atoms with E-state index in [-0.39, 0.29) is 0 Å². The van der Waals surface area contributed by atoms with E-state index in [1.807, 2.05) is 38.1 Å². The highest BCUT2D eigenvalue weighted by Crippen LogP contribution is 2.15. The molecular formula is C10H12N2. The summed E-state index contributed by atoms with van der Waals surface area (Å²) < 4.78 is 0. The molecular weight excluding hydrogens is 148 g/mol. The van der Waals surface area contributed by atoms with Crippen LogP contribution in [0, 0.1) is 18.3 Å². The van der Waals surface area contributed by atoms with E-state index in [0.717, 1.165) is 16.8 Å². The molecule has 0 atom stereocenters. The molecule has 0 heterocycles. The third-order valence-electron chi connectivity index (χ3n) is 1.71. The number of nitriles is 1. The molecule has 0 unspecified atom stereocenters. The van der Waals surface area contributed by atoms with Gasteiger partial charge in [0.2, 0.25) is 0 Å². The minimum absolute atomic E-state index is 0.721. The molecule has 0 saturated carbocycles. The maximum Gasteiger partial charge on any atom is 0.0992 e. The normalized spacial score (nSPS) is 9.17. The molecule has 1 aromatic carbocycles. The largest absolute Gasteiger partial charge is 0.378 e. The third-order valence-corrected chi connectivity index (χ3v) is 1.71. The molecule has 2 nitrogen and oxygen atoms in total. The summed E-state index contributed by atoms with van der Waals surface area (Å²) in [4.78, 5) is 1.99. The van der Waals surface area contributed by atoms with E-state index in [9.17, 15) is 0 Å². The van der Waals surface area contributed by atoms with Crippen molar-refractivity contribution in [2.45, 2.75) is 6.92 Å². The number of hydrogen-bond acceptors (Lipinski definition) is 2. The summed E-state index contributed by atoms with van der Waals surface area (Å²) in [5.41, 5.74) is 2.92. The smallest absolute Gasteiger partial charge is 0.0992 e. The van der Waals surface area contributed by atoms with E-state index in [0.29, 0.717) is 0 Å². The fourth-order valence-corrected chi connectivity index (χ4v) is 1.09. The quantitative estimate of drug-likeness (QED) is 0.627. The number of anilines is 1. The van der Waals surface area contributed by atoms with Gasteiger partial charge in [0.05, 0.1) is 11.6 Å². The minimum atomic E-state index is 0.721. The van der Waals surface area contributed by atoms with Crippen molar-refractivity contribution < 1.29 is 0 Å². The molecule has 0 spiro atoms. The van der Waals surface area contributed by atoms with Gasteiger partial charge < -0.3 is 4.90 Å². The number of aryl methyl sites for hydroxylation is 1. The summed E-state index contributed by atoms with van der Waals surface area (Å²) in [7, 11) is 3.94. The molecule has 1 rings (SSSR count). The first kappa shape index (κ1) is 8.61. The molecule has 0 aliphatic rings. The van der Waals surface area contributed by atoms with Crippen LogP contribution in [0.5, 0.6) is 0 Å². The molecule has 0 N–H and O–H groups in total. The Hall–Kier alpha value is -1.49. The zero-order valence-electron chi connectivity index (χ0n) is 7.63. The van der Waals surface area contributed by atoms with Gasteiger partial charge in [-0.1, -0.05) is 0 Å². The lowest BCUT2D eigenvalue weighted by Crippen LogP contribution is -2.08. The molecule has 0 radical (unpaired) electrons. The van der Waals surface area contributed by atoms with Crippen molar-refractivity contribution in [1.29, 1.82) is 5.26 Å². The van der Waals surface area contributed by atoms with E-state index in [1.165, 1.54) is 0 Å². The van der Waals surface area contributed by atoms with Crippen LogP contribution >= 0.6 is 0 Å². The standard InChI is InChI=1S/C10H12N2/c1-8-4-9(7-11)6-10(5-8)12(2)3/h4-6H,1-3H3. The van der Waals surface area contributed by atoms with Crippen LogP contribution in [-0.4, -0.2) is 14.1 Å². The fourth-order valence-electron chi connectivity index (χ4n) is 1.09. The highest BCUT2D eigenvalue weighted by Gasteiger charge is 1.98. The van der Waals surface area contributed by atoms with Crippen LogP contribution < -0.4 is 4.90 Å². The Labute approximate surface area is 73.0 Å². The van der Waals surface area contributed by atoms with Gasteiger partial charge in [0.25, 0.3) is 0 Å². The number of nitrogens with zero attached hydrogens (tertiary/aromatic N) is 2. The summed E-state index contributed by atoms with van der Waals surface area (Å²) in [6, 6.07) is 7.96. The molecule has 0 aliphatic carbocycles. The zero-order valence-corrected chi connectivity index (χ0v) is 7.63. The molecule has 0 aliphatic heterocycles. The first-order valence-corrected chi connectivity index (χ1v) is 3.82. The molecule has 2 heteroatoms. The Morgan fingerprint density at radius 1 is 1.25 bits per heavy atom. The molecule has 0 saturated heterocycles. The minimum Gasteiger partial charge on any atom is -0.378 e. The van der Waals surface area contributed by atoms with E-state index in [4.69, 9.17) is 5.26 Å². The van der Waals surface area contributed by atoms with Gasteiger partial charge in [0.15, 0.2) is 0 Å². The van der Waals surface area contributed by atoms with Crippen molar-refractivity contribution in [3.05, 3.63) is 29.3 Å². The second-order valence-corrected chi connectivity index (χ2v) is 3.06.